The molecule has 0 saturated carbocycles. The van der Waals surface area contributed by atoms with E-state index in [1.165, 1.54) is 16.7 Å². The molecule has 0 saturated heterocycles. The monoisotopic (exact) mass is 313 g/mol. The lowest BCUT2D eigenvalue weighted by molar-refractivity contribution is 0.579. The number of nitrogen functional groups attached to an aromatic ring is 1. The number of hydrogen-bond acceptors (Lipinski definition) is 3. The van der Waals surface area contributed by atoms with Gasteiger partial charge >= 0.3 is 0 Å². The summed E-state index contributed by atoms with van der Waals surface area (Å²) in [6, 6.07) is 21.0. The number of benzene rings is 2. The second kappa shape index (κ2) is 5.60. The van der Waals surface area contributed by atoms with E-state index >= 15 is 0 Å². The predicted octanol–water partition coefficient (Wildman–Crippen LogP) is 4.31. The number of allylic oxidation sites excluding steroid dienone is 1. The van der Waals surface area contributed by atoms with Gasteiger partial charge in [0.2, 0.25) is 0 Å². The van der Waals surface area contributed by atoms with Crippen molar-refractivity contribution in [2.45, 2.75) is 18.8 Å². The number of anilines is 1. The molecule has 1 aromatic heterocycles. The molecule has 118 valence electrons. The summed E-state index contributed by atoms with van der Waals surface area (Å²) in [7, 11) is 0. The lowest BCUT2D eigenvalue weighted by Crippen LogP contribution is -2.30. The van der Waals surface area contributed by atoms with Crippen molar-refractivity contribution >= 4 is 17.5 Å². The summed E-state index contributed by atoms with van der Waals surface area (Å²) in [5.41, 5.74) is 11.7. The van der Waals surface area contributed by atoms with Gasteiger partial charge in [0.25, 0.3) is 0 Å². The van der Waals surface area contributed by atoms with Gasteiger partial charge in [0.15, 0.2) is 0 Å². The van der Waals surface area contributed by atoms with Gasteiger partial charge in [-0.2, -0.15) is 0 Å². The Morgan fingerprint density at radius 2 is 1.58 bits per heavy atom. The Bertz CT molecular complexity index is 901. The Hall–Kier alpha value is -2.94. The van der Waals surface area contributed by atoms with Crippen LogP contribution < -0.4 is 5.73 Å². The number of nitrogens with zero attached hydrogens (tertiary/aromatic N) is 2. The van der Waals surface area contributed by atoms with E-state index in [0.29, 0.717) is 5.82 Å². The molecule has 2 N–H and O–H groups in total. The summed E-state index contributed by atoms with van der Waals surface area (Å²) in [6.07, 6.45) is 4.56. The first-order valence-corrected chi connectivity index (χ1v) is 8.11. The minimum absolute atomic E-state index is 0.248. The van der Waals surface area contributed by atoms with Crippen molar-refractivity contribution < 1.29 is 0 Å². The molecule has 3 nitrogen and oxygen atoms in total. The third kappa shape index (κ3) is 2.29. The van der Waals surface area contributed by atoms with E-state index in [2.05, 4.69) is 71.5 Å². The van der Waals surface area contributed by atoms with Crippen molar-refractivity contribution in [2.24, 2.45) is 0 Å². The van der Waals surface area contributed by atoms with Crippen molar-refractivity contribution in [1.82, 2.24) is 9.97 Å². The van der Waals surface area contributed by atoms with Crippen molar-refractivity contribution in [3.8, 4) is 0 Å². The SMILES string of the molecule is CC1(c2ccccc2)CC(c2ccccc2)=Cc2ncnc(N)c21. The molecule has 4 rings (SSSR count). The van der Waals surface area contributed by atoms with E-state index in [4.69, 9.17) is 5.73 Å². The Labute approximate surface area is 141 Å². The second-order valence-corrected chi connectivity index (χ2v) is 6.43. The maximum Gasteiger partial charge on any atom is 0.131 e. The van der Waals surface area contributed by atoms with Crippen LogP contribution in [0.25, 0.3) is 11.6 Å². The van der Waals surface area contributed by atoms with Crippen molar-refractivity contribution in [1.29, 1.82) is 0 Å². The summed E-state index contributed by atoms with van der Waals surface area (Å²) in [5, 5.41) is 0. The molecule has 1 aliphatic rings. The van der Waals surface area contributed by atoms with Gasteiger partial charge in [0.1, 0.15) is 12.1 Å². The first-order valence-electron chi connectivity index (χ1n) is 8.11. The molecule has 3 aromatic rings. The van der Waals surface area contributed by atoms with Gasteiger partial charge in [-0.25, -0.2) is 9.97 Å². The highest BCUT2D eigenvalue weighted by Gasteiger charge is 2.37. The van der Waals surface area contributed by atoms with Gasteiger partial charge in [-0.05, 0) is 29.2 Å². The fourth-order valence-corrected chi connectivity index (χ4v) is 3.66. The Morgan fingerprint density at radius 3 is 2.29 bits per heavy atom. The standard InChI is InChI=1S/C21H19N3/c1-21(17-10-6-3-7-11-17)13-16(15-8-4-2-5-9-15)12-18-19(21)20(22)24-14-23-18/h2-12,14H,13H2,1H3,(H2,22,23,24). The first-order chi connectivity index (χ1) is 11.7. The quantitative estimate of drug-likeness (QED) is 0.767. The zero-order chi connectivity index (χ0) is 16.6. The van der Waals surface area contributed by atoms with Crippen molar-refractivity contribution in [2.75, 3.05) is 5.73 Å². The molecule has 0 bridgehead atoms. The average molecular weight is 313 g/mol. The second-order valence-electron chi connectivity index (χ2n) is 6.43. The average Bonchev–Trinajstić information content (AvgIpc) is 2.63. The molecule has 1 aliphatic carbocycles. The topological polar surface area (TPSA) is 51.8 Å². The van der Waals surface area contributed by atoms with Gasteiger partial charge in [0, 0.05) is 11.0 Å². The molecule has 0 amide bonds. The summed E-state index contributed by atoms with van der Waals surface area (Å²) in [4.78, 5) is 8.76. The molecule has 3 heteroatoms. The predicted molar refractivity (Wildman–Crippen MR) is 98.3 cm³/mol. The molecular formula is C21H19N3. The van der Waals surface area contributed by atoms with E-state index in [1.807, 2.05) is 12.1 Å². The Balaban J connectivity index is 1.95. The van der Waals surface area contributed by atoms with Crippen LogP contribution in [0.4, 0.5) is 5.82 Å². The fraction of sp³-hybridized carbons (Fsp3) is 0.143. The zero-order valence-corrected chi connectivity index (χ0v) is 13.6. The van der Waals surface area contributed by atoms with Gasteiger partial charge in [-0.1, -0.05) is 67.6 Å². The molecule has 24 heavy (non-hydrogen) atoms. The van der Waals surface area contributed by atoms with Crippen LogP contribution in [0.3, 0.4) is 0 Å². The third-order valence-corrected chi connectivity index (χ3v) is 4.87. The van der Waals surface area contributed by atoms with Crippen LogP contribution in [0.1, 0.15) is 35.7 Å². The molecule has 0 aliphatic heterocycles. The Morgan fingerprint density at radius 1 is 0.917 bits per heavy atom. The summed E-state index contributed by atoms with van der Waals surface area (Å²) >= 11 is 0. The van der Waals surface area contributed by atoms with Crippen LogP contribution in [-0.2, 0) is 5.41 Å². The highest BCUT2D eigenvalue weighted by atomic mass is 14.9. The van der Waals surface area contributed by atoms with Crippen LogP contribution in [0.2, 0.25) is 0 Å². The highest BCUT2D eigenvalue weighted by molar-refractivity contribution is 5.86. The zero-order valence-electron chi connectivity index (χ0n) is 13.6. The van der Waals surface area contributed by atoms with E-state index in [1.54, 1.807) is 6.33 Å². The molecule has 0 fully saturated rings. The minimum atomic E-state index is -0.248. The van der Waals surface area contributed by atoms with Crippen LogP contribution >= 0.6 is 0 Å². The van der Waals surface area contributed by atoms with Crippen molar-refractivity contribution in [3.63, 3.8) is 0 Å². The first kappa shape index (κ1) is 14.6. The third-order valence-electron chi connectivity index (χ3n) is 4.87. The molecule has 1 atom stereocenters. The van der Waals surface area contributed by atoms with Gasteiger partial charge in [-0.3, -0.25) is 0 Å². The number of rotatable bonds is 2. The van der Waals surface area contributed by atoms with E-state index < -0.39 is 0 Å². The van der Waals surface area contributed by atoms with Gasteiger partial charge in [-0.15, -0.1) is 0 Å². The lowest BCUT2D eigenvalue weighted by atomic mass is 9.67. The van der Waals surface area contributed by atoms with Crippen molar-refractivity contribution in [3.05, 3.63) is 89.4 Å². The normalized spacial score (nSPS) is 19.5. The van der Waals surface area contributed by atoms with Gasteiger partial charge < -0.3 is 5.73 Å². The largest absolute Gasteiger partial charge is 0.383 e. The molecule has 1 unspecified atom stereocenters. The van der Waals surface area contributed by atoms with Crippen LogP contribution in [0, 0.1) is 0 Å². The number of hydrogen-bond donors (Lipinski definition) is 1. The summed E-state index contributed by atoms with van der Waals surface area (Å²) < 4.78 is 0. The number of aromatic nitrogens is 2. The van der Waals surface area contributed by atoms with Gasteiger partial charge in [0.05, 0.1) is 5.69 Å². The molecular weight excluding hydrogens is 294 g/mol. The highest BCUT2D eigenvalue weighted by Crippen LogP contribution is 2.47. The molecule has 1 heterocycles. The van der Waals surface area contributed by atoms with Crippen LogP contribution in [0.15, 0.2) is 67.0 Å². The van der Waals surface area contributed by atoms with E-state index in [0.717, 1.165) is 17.7 Å². The minimum Gasteiger partial charge on any atom is -0.383 e. The number of fused-ring (bicyclic) bond motifs is 1. The summed E-state index contributed by atoms with van der Waals surface area (Å²) in [5.74, 6) is 0.565. The molecule has 2 aromatic carbocycles. The number of nitrogens with two attached hydrogens (primary N) is 1. The smallest absolute Gasteiger partial charge is 0.131 e. The fourth-order valence-electron chi connectivity index (χ4n) is 3.66. The van der Waals surface area contributed by atoms with E-state index in [9.17, 15) is 0 Å². The Kier molecular flexibility index (Phi) is 3.42. The summed E-state index contributed by atoms with van der Waals surface area (Å²) in [6.45, 7) is 2.23. The van der Waals surface area contributed by atoms with E-state index in [-0.39, 0.29) is 5.41 Å². The maximum atomic E-state index is 6.26. The maximum absolute atomic E-state index is 6.26. The molecule has 0 radical (unpaired) electrons. The van der Waals surface area contributed by atoms with Crippen LogP contribution in [0.5, 0.6) is 0 Å². The lowest BCUT2D eigenvalue weighted by Gasteiger charge is -2.36. The molecule has 0 spiro atoms. The van der Waals surface area contributed by atoms with Crippen LogP contribution in [-0.4, -0.2) is 9.97 Å².